The van der Waals surface area contributed by atoms with Crippen molar-refractivity contribution in [2.75, 3.05) is 0 Å². The summed E-state index contributed by atoms with van der Waals surface area (Å²) in [6, 6.07) is 10.2. The molecule has 2 fully saturated rings. The van der Waals surface area contributed by atoms with Gasteiger partial charge in [0.25, 0.3) is 5.91 Å². The molecule has 194 valence electrons. The molecule has 4 N–H and O–H groups in total. The number of hydrogen-bond acceptors (Lipinski definition) is 5. The Balaban J connectivity index is 1.43. The average Bonchev–Trinajstić information content (AvgIpc) is 3.39. The van der Waals surface area contributed by atoms with E-state index >= 15 is 0 Å². The molecule has 5 rings (SSSR count). The number of aliphatic carboxylic acids is 1. The number of benzene rings is 2. The number of nitrogens with zero attached hydrogens (tertiary/aromatic N) is 1. The van der Waals surface area contributed by atoms with E-state index in [4.69, 9.17) is 10.5 Å². The number of aromatic nitrogens is 1. The van der Waals surface area contributed by atoms with E-state index in [-0.39, 0.29) is 23.5 Å². The molecular weight excluding hydrogens is 487 g/mol. The molecule has 3 aromatic rings. The molecule has 2 aliphatic rings. The number of ether oxygens (including phenoxy) is 1. The maximum atomic E-state index is 13.5. The van der Waals surface area contributed by atoms with Crippen molar-refractivity contribution in [3.63, 3.8) is 0 Å². The number of amides is 1. The molecule has 1 atom stereocenters. The van der Waals surface area contributed by atoms with E-state index in [1.807, 2.05) is 0 Å². The Labute approximate surface area is 210 Å². The highest BCUT2D eigenvalue weighted by atomic mass is 19.4. The van der Waals surface area contributed by atoms with Crippen LogP contribution in [0.15, 0.2) is 54.7 Å². The van der Waals surface area contributed by atoms with Crippen molar-refractivity contribution in [3.05, 3.63) is 71.4 Å². The Morgan fingerprint density at radius 1 is 1.08 bits per heavy atom. The van der Waals surface area contributed by atoms with Crippen LogP contribution < -0.4 is 15.8 Å². The second kappa shape index (κ2) is 9.02. The monoisotopic (exact) mass is 513 g/mol. The third-order valence-electron chi connectivity index (χ3n) is 7.72. The normalized spacial score (nSPS) is 23.7. The Hall–Kier alpha value is -3.66. The molecule has 0 aliphatic heterocycles. The first-order valence-corrected chi connectivity index (χ1v) is 12.0. The molecule has 2 aromatic carbocycles. The minimum Gasteiger partial charge on any atom is -0.486 e. The van der Waals surface area contributed by atoms with Gasteiger partial charge in [-0.1, -0.05) is 24.3 Å². The number of rotatable bonds is 7. The number of halogens is 3. The summed E-state index contributed by atoms with van der Waals surface area (Å²) in [7, 11) is 0. The van der Waals surface area contributed by atoms with Gasteiger partial charge in [-0.25, -0.2) is 4.79 Å². The van der Waals surface area contributed by atoms with E-state index in [1.54, 1.807) is 18.2 Å². The van der Waals surface area contributed by atoms with Crippen LogP contribution in [0.3, 0.4) is 0 Å². The van der Waals surface area contributed by atoms with Crippen LogP contribution in [-0.2, 0) is 17.6 Å². The first-order valence-electron chi connectivity index (χ1n) is 12.0. The molecule has 2 saturated carbocycles. The van der Waals surface area contributed by atoms with Gasteiger partial charge in [0, 0.05) is 22.5 Å². The molecule has 1 aromatic heterocycles. The number of hydrogen-bond donors (Lipinski definition) is 3. The highest BCUT2D eigenvalue weighted by Crippen LogP contribution is 2.57. The Morgan fingerprint density at radius 2 is 1.78 bits per heavy atom. The predicted octanol–water partition coefficient (Wildman–Crippen LogP) is 4.68. The molecule has 1 amide bonds. The lowest BCUT2D eigenvalue weighted by molar-refractivity contribution is -0.143. The van der Waals surface area contributed by atoms with E-state index < -0.39 is 35.1 Å². The largest absolute Gasteiger partial charge is 0.486 e. The van der Waals surface area contributed by atoms with E-state index in [0.29, 0.717) is 48.6 Å². The predicted molar refractivity (Wildman–Crippen MR) is 129 cm³/mol. The molecular formula is C27H26F3N3O4. The van der Waals surface area contributed by atoms with Gasteiger partial charge in [0.15, 0.2) is 5.75 Å². The van der Waals surface area contributed by atoms with Gasteiger partial charge in [-0.15, -0.1) is 0 Å². The van der Waals surface area contributed by atoms with Crippen molar-refractivity contribution in [1.29, 1.82) is 0 Å². The van der Waals surface area contributed by atoms with Gasteiger partial charge in [-0.3, -0.25) is 9.78 Å². The van der Waals surface area contributed by atoms with Crippen LogP contribution in [-0.4, -0.2) is 33.5 Å². The zero-order valence-corrected chi connectivity index (χ0v) is 19.8. The molecule has 10 heteroatoms. The summed E-state index contributed by atoms with van der Waals surface area (Å²) in [5.74, 6) is -1.62. The van der Waals surface area contributed by atoms with Gasteiger partial charge in [-0.05, 0) is 61.9 Å². The molecule has 0 radical (unpaired) electrons. The summed E-state index contributed by atoms with van der Waals surface area (Å²) >= 11 is 0. The number of carboxylic acids is 1. The number of carbonyl (C=O) groups is 2. The van der Waals surface area contributed by atoms with Crippen molar-refractivity contribution >= 4 is 22.8 Å². The number of carbonyl (C=O) groups excluding carboxylic acids is 1. The number of nitrogens with one attached hydrogen (secondary N) is 1. The van der Waals surface area contributed by atoms with Crippen LogP contribution in [0, 0.1) is 5.41 Å². The average molecular weight is 514 g/mol. The maximum Gasteiger partial charge on any atom is 0.416 e. The fourth-order valence-corrected chi connectivity index (χ4v) is 5.77. The summed E-state index contributed by atoms with van der Waals surface area (Å²) in [6.45, 7) is -0.115. The van der Waals surface area contributed by atoms with Crippen LogP contribution >= 0.6 is 0 Å². The molecule has 37 heavy (non-hydrogen) atoms. The summed E-state index contributed by atoms with van der Waals surface area (Å²) < 4.78 is 44.7. The Kier molecular flexibility index (Phi) is 6.10. The number of pyridine rings is 1. The molecule has 1 unspecified atom stereocenters. The van der Waals surface area contributed by atoms with E-state index in [2.05, 4.69) is 10.3 Å². The highest BCUT2D eigenvalue weighted by Gasteiger charge is 2.58. The van der Waals surface area contributed by atoms with E-state index in [9.17, 15) is 27.9 Å². The van der Waals surface area contributed by atoms with Gasteiger partial charge in [0.2, 0.25) is 0 Å². The van der Waals surface area contributed by atoms with Crippen LogP contribution in [0.1, 0.15) is 53.6 Å². The number of alkyl halides is 3. The fraction of sp³-hybridized carbons (Fsp3) is 0.370. The molecule has 2 bridgehead atoms. The lowest BCUT2D eigenvalue weighted by atomic mass is 9.77. The topological polar surface area (TPSA) is 115 Å². The lowest BCUT2D eigenvalue weighted by Crippen LogP contribution is -2.51. The van der Waals surface area contributed by atoms with Crippen molar-refractivity contribution in [1.82, 2.24) is 10.3 Å². The van der Waals surface area contributed by atoms with E-state index in [1.165, 1.54) is 24.4 Å². The third kappa shape index (κ3) is 4.73. The molecule has 0 spiro atoms. The maximum absolute atomic E-state index is 13.5. The molecule has 2 aliphatic carbocycles. The van der Waals surface area contributed by atoms with Gasteiger partial charge in [-0.2, -0.15) is 13.2 Å². The number of nitrogens with two attached hydrogens (primary N) is 1. The minimum absolute atomic E-state index is 0.0933. The summed E-state index contributed by atoms with van der Waals surface area (Å²) in [6.07, 6.45) is 0.295. The number of fused-ring (bicyclic) bond motifs is 3. The quantitative estimate of drug-likeness (QED) is 0.423. The van der Waals surface area contributed by atoms with Gasteiger partial charge in [0.1, 0.15) is 18.2 Å². The first-order chi connectivity index (χ1) is 17.5. The van der Waals surface area contributed by atoms with Crippen LogP contribution in [0.2, 0.25) is 0 Å². The molecule has 7 nitrogen and oxygen atoms in total. The van der Waals surface area contributed by atoms with E-state index in [0.717, 1.165) is 12.1 Å². The van der Waals surface area contributed by atoms with Crippen molar-refractivity contribution < 1.29 is 32.6 Å². The smallest absolute Gasteiger partial charge is 0.416 e. The van der Waals surface area contributed by atoms with Gasteiger partial charge in [0.05, 0.1) is 11.1 Å². The zero-order valence-electron chi connectivity index (χ0n) is 19.8. The Bertz CT molecular complexity index is 1350. The minimum atomic E-state index is -4.45. The van der Waals surface area contributed by atoms with Gasteiger partial charge < -0.3 is 20.9 Å². The zero-order chi connectivity index (χ0) is 26.4. The first kappa shape index (κ1) is 25.0. The second-order valence-corrected chi connectivity index (χ2v) is 10.1. The lowest BCUT2D eigenvalue weighted by Gasteiger charge is -2.33. The van der Waals surface area contributed by atoms with Crippen molar-refractivity contribution in [3.8, 4) is 5.75 Å². The van der Waals surface area contributed by atoms with Crippen molar-refractivity contribution in [2.24, 2.45) is 11.1 Å². The SMILES string of the molecule is NC12CCC(C(NC(=O)c3ccc4cccnc4c3OCc3ccc(C(F)(F)F)cc3)C(=O)O)(CC1)C2. The fourth-order valence-electron chi connectivity index (χ4n) is 5.77. The van der Waals surface area contributed by atoms with Gasteiger partial charge >= 0.3 is 12.1 Å². The van der Waals surface area contributed by atoms with Crippen LogP contribution in [0.5, 0.6) is 5.75 Å². The molecule has 1 heterocycles. The summed E-state index contributed by atoms with van der Waals surface area (Å²) in [5, 5.41) is 13.4. The summed E-state index contributed by atoms with van der Waals surface area (Å²) in [4.78, 5) is 30.1. The van der Waals surface area contributed by atoms with Crippen LogP contribution in [0.4, 0.5) is 13.2 Å². The second-order valence-electron chi connectivity index (χ2n) is 10.1. The number of carboxylic acid groups (broad SMARTS) is 1. The standard InChI is InChI=1S/C27H26F3N3O4/c28-27(29,30)18-6-3-16(4-7-18)14-37-21-19(8-5-17-2-1-13-32-20(17)21)23(34)33-22(24(35)36)25-9-11-26(31,15-25)12-10-25/h1-8,13,22H,9-12,14-15,31H2,(H,33,34)(H,35,36). The summed E-state index contributed by atoms with van der Waals surface area (Å²) in [5.41, 5.74) is 5.56. The Morgan fingerprint density at radius 3 is 2.38 bits per heavy atom. The molecule has 0 saturated heterocycles. The van der Waals surface area contributed by atoms with Crippen molar-refractivity contribution in [2.45, 2.75) is 56.5 Å². The highest BCUT2D eigenvalue weighted by molar-refractivity contribution is 6.04. The third-order valence-corrected chi connectivity index (χ3v) is 7.72. The van der Waals surface area contributed by atoms with Crippen LogP contribution in [0.25, 0.3) is 10.9 Å².